The van der Waals surface area contributed by atoms with Crippen molar-refractivity contribution in [3.8, 4) is 5.75 Å². The molecule has 0 spiro atoms. The number of allylic oxidation sites excluding steroid dienone is 6. The number of esters is 1. The van der Waals surface area contributed by atoms with Gasteiger partial charge in [-0.15, -0.1) is 0 Å². The van der Waals surface area contributed by atoms with Crippen molar-refractivity contribution in [2.75, 3.05) is 34.5 Å². The fourth-order valence-electron chi connectivity index (χ4n) is 11.2. The second-order valence-corrected chi connectivity index (χ2v) is 21.8. The zero-order valence-electron chi connectivity index (χ0n) is 46.2. The van der Waals surface area contributed by atoms with Crippen LogP contribution in [0.3, 0.4) is 0 Å². The van der Waals surface area contributed by atoms with Crippen LogP contribution >= 0.6 is 0 Å². The minimum absolute atomic E-state index is 0.0193. The highest BCUT2D eigenvalue weighted by Crippen LogP contribution is 2.38. The number of nitrogens with zero attached hydrogens (tertiary/aromatic N) is 1. The second kappa shape index (κ2) is 29.2. The molecule has 15 heteroatoms. The Balaban J connectivity index is 0.000000918. The van der Waals surface area contributed by atoms with E-state index in [-0.39, 0.29) is 54.8 Å². The molecule has 3 N–H and O–H groups in total. The van der Waals surface area contributed by atoms with E-state index in [0.717, 1.165) is 17.7 Å². The van der Waals surface area contributed by atoms with Gasteiger partial charge in [-0.05, 0) is 119 Å². The first-order valence-corrected chi connectivity index (χ1v) is 27.3. The van der Waals surface area contributed by atoms with E-state index in [0.29, 0.717) is 70.0 Å². The first kappa shape index (κ1) is 61.2. The van der Waals surface area contributed by atoms with Crippen molar-refractivity contribution >= 4 is 35.3 Å². The summed E-state index contributed by atoms with van der Waals surface area (Å²) in [7, 11) is 4.52. The number of ether oxygens (including phenoxy) is 6. The molecule has 6 rings (SSSR count). The number of carbonyl (C=O) groups is 5. The zero-order valence-corrected chi connectivity index (χ0v) is 46.2. The molecule has 0 aromatic heterocycles. The van der Waals surface area contributed by atoms with E-state index in [9.17, 15) is 39.3 Å². The van der Waals surface area contributed by atoms with Crippen molar-refractivity contribution in [1.82, 2.24) is 4.90 Å². The molecule has 4 heterocycles. The first-order chi connectivity index (χ1) is 35.7. The number of hydrogen-bond acceptors (Lipinski definition) is 14. The number of cyclic esters (lactones) is 1. The number of carbonyl (C=O) groups excluding carboxylic acids is 5. The van der Waals surface area contributed by atoms with Crippen LogP contribution in [0.1, 0.15) is 131 Å². The number of aliphatic hydroxyl groups is 3. The molecule has 1 saturated carbocycles. The molecule has 4 aliphatic heterocycles. The lowest BCUT2D eigenvalue weighted by Gasteiger charge is -2.42. The largest absolute Gasteiger partial charge is 0.489 e. The van der Waals surface area contributed by atoms with Gasteiger partial charge in [0.15, 0.2) is 5.78 Å². The van der Waals surface area contributed by atoms with E-state index in [1.807, 2.05) is 88.4 Å². The van der Waals surface area contributed by atoms with Gasteiger partial charge in [-0.3, -0.25) is 19.2 Å². The Morgan fingerprint density at radius 3 is 2.29 bits per heavy atom. The molecule has 0 unspecified atom stereocenters. The van der Waals surface area contributed by atoms with Crippen LogP contribution in [0, 0.1) is 35.5 Å². The van der Waals surface area contributed by atoms with Gasteiger partial charge < -0.3 is 48.6 Å². The summed E-state index contributed by atoms with van der Waals surface area (Å²) in [6, 6.07) is 6.89. The minimum atomic E-state index is -2.43. The average Bonchev–Trinajstić information content (AvgIpc) is 3.40. The molecule has 5 aliphatic rings. The topological polar surface area (TPSA) is 205 Å². The SMILES string of the molecule is C1=Cc2ccccc2OC1.CO[C@H]1C[C@@H]2CC[C@@H](C)[C@@](O)(O2)C(=O)C(=O)N2CCCC[C@H]2C(=O)O[C@H]([C@H](C)C[C@@H]2CC[C@@H](O)[C@H](OC)C2)CC(=O)[C@H](C)/C=C(\C)[C@@H](O)[C@@H](OC)C(=O)[C@H](C)C[C@H](C)/C=C/C=C/C=C/1C. The minimum Gasteiger partial charge on any atom is -0.489 e. The standard InChI is InChI=1S/C51H79NO13.C9H8O/c1-30-16-12-11-13-17-31(2)42(61-8)28-38-21-19-36(7)51(60,65-38)48(57)49(58)52-23-15-14-18-39(52)50(59)64-43(33(4)26-37-20-22-40(53)44(27-37)62-9)29-41(54)32(3)25-35(6)46(56)47(63-10)45(55)34(5)24-30;1-2-6-9-8(4-1)5-3-7-10-9/h11-13,16-17,25,30,32-34,36-40,42-44,46-47,53,56,60H,14-15,18-24,26-29H2,1-10H3;1-6H,7H2/b13-11+,16-12+,31-17+,35-25+;/t30-,32-,33-,34-,36-,37+,38+,39+,40-,42+,43+,44-,46-,47+,51-;/m1./s1. The predicted molar refractivity (Wildman–Crippen MR) is 286 cm³/mol. The van der Waals surface area contributed by atoms with Gasteiger partial charge in [0, 0.05) is 64.0 Å². The van der Waals surface area contributed by atoms with E-state index in [1.54, 1.807) is 41.1 Å². The van der Waals surface area contributed by atoms with Gasteiger partial charge in [0.25, 0.3) is 11.7 Å². The molecule has 15 atom stereocenters. The van der Waals surface area contributed by atoms with Crippen LogP contribution in [0.2, 0.25) is 0 Å². The molecule has 1 amide bonds. The second-order valence-electron chi connectivity index (χ2n) is 21.8. The Bertz CT molecular complexity index is 2230. The van der Waals surface area contributed by atoms with Crippen LogP contribution in [0.4, 0.5) is 0 Å². The molecule has 2 bridgehead atoms. The molecule has 0 radical (unpaired) electrons. The lowest BCUT2D eigenvalue weighted by molar-refractivity contribution is -0.265. The maximum absolute atomic E-state index is 14.4. The Morgan fingerprint density at radius 1 is 0.840 bits per heavy atom. The predicted octanol–water partition coefficient (Wildman–Crippen LogP) is 8.27. The summed E-state index contributed by atoms with van der Waals surface area (Å²) < 4.78 is 34.7. The number of methoxy groups -OCH3 is 3. The molecule has 3 fully saturated rings. The highest BCUT2D eigenvalue weighted by Gasteiger charge is 2.53. The van der Waals surface area contributed by atoms with E-state index in [2.05, 4.69) is 6.08 Å². The number of benzene rings is 1. The third-order valence-corrected chi connectivity index (χ3v) is 16.0. The first-order valence-electron chi connectivity index (χ1n) is 27.3. The summed E-state index contributed by atoms with van der Waals surface area (Å²) >= 11 is 0. The number of Topliss-reactive ketones (excluding diaryl/α,β-unsaturated/α-hetero) is 3. The zero-order chi connectivity index (χ0) is 55.0. The van der Waals surface area contributed by atoms with E-state index in [1.165, 1.54) is 17.6 Å². The van der Waals surface area contributed by atoms with Gasteiger partial charge in [-0.2, -0.15) is 0 Å². The van der Waals surface area contributed by atoms with Crippen molar-refractivity contribution in [3.63, 3.8) is 0 Å². The normalized spacial score (nSPS) is 36.9. The van der Waals surface area contributed by atoms with Crippen molar-refractivity contribution in [2.24, 2.45) is 35.5 Å². The quantitative estimate of drug-likeness (QED) is 0.139. The fourth-order valence-corrected chi connectivity index (χ4v) is 11.2. The molecule has 2 saturated heterocycles. The number of ketones is 3. The molecule has 75 heavy (non-hydrogen) atoms. The molecular weight excluding hydrogens is 959 g/mol. The van der Waals surface area contributed by atoms with E-state index in [4.69, 9.17) is 28.4 Å². The highest BCUT2D eigenvalue weighted by atomic mass is 16.6. The van der Waals surface area contributed by atoms with Gasteiger partial charge in [0.2, 0.25) is 5.79 Å². The third kappa shape index (κ3) is 16.7. The summed E-state index contributed by atoms with van der Waals surface area (Å²) in [5.41, 5.74) is 2.44. The van der Waals surface area contributed by atoms with Crippen LogP contribution in [0.15, 0.2) is 77.9 Å². The van der Waals surface area contributed by atoms with Crippen molar-refractivity contribution < 1.29 is 67.7 Å². The van der Waals surface area contributed by atoms with Crippen molar-refractivity contribution in [1.29, 1.82) is 0 Å². The number of amides is 1. The number of rotatable bonds is 6. The number of hydrogen-bond donors (Lipinski definition) is 3. The van der Waals surface area contributed by atoms with Gasteiger partial charge >= 0.3 is 5.97 Å². The monoisotopic (exact) mass is 1050 g/mol. The lowest BCUT2D eigenvalue weighted by Crippen LogP contribution is -2.61. The van der Waals surface area contributed by atoms with Crippen LogP contribution < -0.4 is 4.74 Å². The molecule has 1 aromatic rings. The Kier molecular flexibility index (Phi) is 23.9. The van der Waals surface area contributed by atoms with E-state index >= 15 is 0 Å². The van der Waals surface area contributed by atoms with Gasteiger partial charge in [0.05, 0.1) is 24.4 Å². The summed E-state index contributed by atoms with van der Waals surface area (Å²) in [5, 5.41) is 33.8. The fraction of sp³-hybridized carbons (Fsp3) is 0.650. The Morgan fingerprint density at radius 2 is 1.59 bits per heavy atom. The lowest BCUT2D eigenvalue weighted by atomic mass is 9.78. The smallest absolute Gasteiger partial charge is 0.329 e. The van der Waals surface area contributed by atoms with Gasteiger partial charge in [0.1, 0.15) is 42.5 Å². The van der Waals surface area contributed by atoms with Gasteiger partial charge in [-0.1, -0.05) is 95.3 Å². The molecule has 1 aromatic carbocycles. The average molecular weight is 1050 g/mol. The van der Waals surface area contributed by atoms with E-state index < -0.39 is 83.9 Å². The molecule has 15 nitrogen and oxygen atoms in total. The number of para-hydroxylation sites is 1. The molecule has 1 aliphatic carbocycles. The maximum Gasteiger partial charge on any atom is 0.329 e. The van der Waals surface area contributed by atoms with Crippen LogP contribution in [-0.4, -0.2) is 138 Å². The number of piperidine rings is 1. The van der Waals surface area contributed by atoms with Crippen LogP contribution in [0.25, 0.3) is 6.08 Å². The highest BCUT2D eigenvalue weighted by molar-refractivity contribution is 6.39. The summed E-state index contributed by atoms with van der Waals surface area (Å²) in [6.07, 6.45) is 15.3. The molecule has 416 valence electrons. The maximum atomic E-state index is 14.4. The Hall–Kier alpha value is -4.61. The van der Waals surface area contributed by atoms with Crippen LogP contribution in [-0.2, 0) is 47.7 Å². The van der Waals surface area contributed by atoms with Gasteiger partial charge in [-0.25, -0.2) is 4.79 Å². The Labute approximate surface area is 445 Å². The summed E-state index contributed by atoms with van der Waals surface area (Å²) in [4.78, 5) is 71.8. The van der Waals surface area contributed by atoms with Crippen molar-refractivity contribution in [2.45, 2.75) is 180 Å². The van der Waals surface area contributed by atoms with Crippen molar-refractivity contribution in [3.05, 3.63) is 83.5 Å². The molecular formula is C60H87NO14. The summed E-state index contributed by atoms with van der Waals surface area (Å²) in [6.45, 7) is 13.4. The number of fused-ring (bicyclic) bond motifs is 4. The van der Waals surface area contributed by atoms with Crippen LogP contribution in [0.5, 0.6) is 5.75 Å². The number of aliphatic hydroxyl groups excluding tert-OH is 2. The third-order valence-electron chi connectivity index (χ3n) is 16.0. The summed E-state index contributed by atoms with van der Waals surface area (Å²) in [5.74, 6) is -6.97.